The molecule has 1 amide bonds. The monoisotopic (exact) mass is 337 g/mol. The molecule has 23 heavy (non-hydrogen) atoms. The van der Waals surface area contributed by atoms with Crippen LogP contribution >= 0.6 is 11.8 Å². The highest BCUT2D eigenvalue weighted by atomic mass is 32.2. The van der Waals surface area contributed by atoms with Gasteiger partial charge in [-0.25, -0.2) is 0 Å². The van der Waals surface area contributed by atoms with Crippen molar-refractivity contribution in [2.75, 3.05) is 45.8 Å². The van der Waals surface area contributed by atoms with E-state index in [2.05, 4.69) is 6.92 Å². The molecule has 0 unspecified atom stereocenters. The summed E-state index contributed by atoms with van der Waals surface area (Å²) in [6, 6.07) is 7.97. The first-order valence-electron chi connectivity index (χ1n) is 8.33. The Morgan fingerprint density at radius 3 is 2.52 bits per heavy atom. The normalized spacial score (nSPS) is 15.8. The molecule has 0 bridgehead atoms. The van der Waals surface area contributed by atoms with Gasteiger partial charge in [-0.15, -0.1) is 11.8 Å². The lowest BCUT2D eigenvalue weighted by Gasteiger charge is -2.32. The Kier molecular flexibility index (Phi) is 7.92. The van der Waals surface area contributed by atoms with E-state index < -0.39 is 0 Å². The average Bonchev–Trinajstić information content (AvgIpc) is 2.60. The molecule has 0 aliphatic carbocycles. The van der Waals surface area contributed by atoms with Gasteiger partial charge >= 0.3 is 0 Å². The summed E-state index contributed by atoms with van der Waals surface area (Å²) in [5.74, 6) is 1.75. The van der Waals surface area contributed by atoms with Crippen molar-refractivity contribution in [2.24, 2.45) is 5.92 Å². The number of ether oxygens (including phenoxy) is 2. The number of hydrogen-bond donors (Lipinski definition) is 0. The van der Waals surface area contributed by atoms with Gasteiger partial charge in [0.15, 0.2) is 0 Å². The minimum atomic E-state index is 0.150. The molecule has 0 atom stereocenters. The van der Waals surface area contributed by atoms with Crippen LogP contribution in [-0.2, 0) is 9.47 Å². The largest absolute Gasteiger partial charge is 0.382 e. The van der Waals surface area contributed by atoms with Crippen LogP contribution in [0, 0.1) is 5.92 Å². The van der Waals surface area contributed by atoms with Crippen LogP contribution in [0.3, 0.4) is 0 Å². The molecule has 0 aromatic heterocycles. The number of carbonyl (C=O) groups excluding carboxylic acids is 1. The minimum Gasteiger partial charge on any atom is -0.382 e. The van der Waals surface area contributed by atoms with Crippen molar-refractivity contribution in [3.05, 3.63) is 29.8 Å². The van der Waals surface area contributed by atoms with E-state index in [1.54, 1.807) is 18.9 Å². The van der Waals surface area contributed by atoms with Crippen LogP contribution in [-0.4, -0.2) is 56.6 Å². The smallest absolute Gasteiger partial charge is 0.253 e. The van der Waals surface area contributed by atoms with Crippen molar-refractivity contribution in [3.63, 3.8) is 0 Å². The summed E-state index contributed by atoms with van der Waals surface area (Å²) in [5, 5.41) is 0. The number of rotatable bonds is 8. The van der Waals surface area contributed by atoms with E-state index >= 15 is 0 Å². The standard InChI is InChI=1S/C18H27NO3S/c1-3-23-17-6-4-16(5-7-17)18(20)19-10-8-15(9-11-19)14-22-13-12-21-2/h4-7,15H,3,8-14H2,1-2H3. The lowest BCUT2D eigenvalue weighted by molar-refractivity contribution is 0.0327. The molecular weight excluding hydrogens is 310 g/mol. The number of hydrogen-bond acceptors (Lipinski definition) is 4. The first-order chi connectivity index (χ1) is 11.2. The highest BCUT2D eigenvalue weighted by Crippen LogP contribution is 2.21. The first-order valence-corrected chi connectivity index (χ1v) is 9.32. The van der Waals surface area contributed by atoms with Crippen molar-refractivity contribution in [3.8, 4) is 0 Å². The minimum absolute atomic E-state index is 0.150. The molecule has 1 aromatic rings. The fourth-order valence-corrected chi connectivity index (χ4v) is 3.40. The zero-order chi connectivity index (χ0) is 16.5. The second-order valence-electron chi connectivity index (χ2n) is 5.76. The molecular formula is C18H27NO3S. The Morgan fingerprint density at radius 2 is 1.91 bits per heavy atom. The molecule has 1 saturated heterocycles. The highest BCUT2D eigenvalue weighted by molar-refractivity contribution is 7.99. The van der Waals surface area contributed by atoms with E-state index in [4.69, 9.17) is 9.47 Å². The molecule has 0 spiro atoms. The van der Waals surface area contributed by atoms with Crippen LogP contribution in [0.1, 0.15) is 30.1 Å². The molecule has 1 aromatic carbocycles. The van der Waals surface area contributed by atoms with E-state index in [-0.39, 0.29) is 5.91 Å². The summed E-state index contributed by atoms with van der Waals surface area (Å²) in [4.78, 5) is 15.7. The molecule has 4 nitrogen and oxygen atoms in total. The van der Waals surface area contributed by atoms with E-state index in [0.717, 1.165) is 43.9 Å². The molecule has 128 valence electrons. The molecule has 2 rings (SSSR count). The van der Waals surface area contributed by atoms with Crippen LogP contribution in [0.25, 0.3) is 0 Å². The summed E-state index contributed by atoms with van der Waals surface area (Å²) in [5.41, 5.74) is 0.792. The Balaban J connectivity index is 1.76. The number of benzene rings is 1. The number of nitrogens with zero attached hydrogens (tertiary/aromatic N) is 1. The number of carbonyl (C=O) groups is 1. The van der Waals surface area contributed by atoms with Crippen molar-refractivity contribution >= 4 is 17.7 Å². The topological polar surface area (TPSA) is 38.8 Å². The molecule has 0 saturated carbocycles. The van der Waals surface area contributed by atoms with Gasteiger partial charge in [0.1, 0.15) is 0 Å². The second kappa shape index (κ2) is 9.96. The molecule has 0 radical (unpaired) electrons. The second-order valence-corrected chi connectivity index (χ2v) is 7.10. The van der Waals surface area contributed by atoms with Gasteiger partial charge in [-0.2, -0.15) is 0 Å². The number of amides is 1. The Labute approximate surface area is 143 Å². The maximum atomic E-state index is 12.5. The molecule has 1 fully saturated rings. The third-order valence-corrected chi connectivity index (χ3v) is 4.99. The van der Waals surface area contributed by atoms with Crippen molar-refractivity contribution in [1.82, 2.24) is 4.90 Å². The van der Waals surface area contributed by atoms with Crippen molar-refractivity contribution in [2.45, 2.75) is 24.7 Å². The molecule has 5 heteroatoms. The van der Waals surface area contributed by atoms with E-state index in [9.17, 15) is 4.79 Å². The van der Waals surface area contributed by atoms with E-state index in [1.165, 1.54) is 4.90 Å². The summed E-state index contributed by atoms with van der Waals surface area (Å²) in [6.45, 7) is 5.84. The summed E-state index contributed by atoms with van der Waals surface area (Å²) >= 11 is 1.79. The van der Waals surface area contributed by atoms with Gasteiger partial charge in [0.05, 0.1) is 13.2 Å². The maximum Gasteiger partial charge on any atom is 0.253 e. The fraction of sp³-hybridized carbons (Fsp3) is 0.611. The fourth-order valence-electron chi connectivity index (χ4n) is 2.74. The lowest BCUT2D eigenvalue weighted by atomic mass is 9.97. The third-order valence-electron chi connectivity index (χ3n) is 4.10. The van der Waals surface area contributed by atoms with Gasteiger partial charge in [0.2, 0.25) is 0 Å². The first kappa shape index (κ1) is 18.3. The van der Waals surface area contributed by atoms with Gasteiger partial charge in [-0.3, -0.25) is 4.79 Å². The zero-order valence-corrected chi connectivity index (χ0v) is 14.9. The third kappa shape index (κ3) is 5.83. The predicted molar refractivity (Wildman–Crippen MR) is 94.2 cm³/mol. The van der Waals surface area contributed by atoms with Gasteiger partial charge in [-0.1, -0.05) is 6.92 Å². The van der Waals surface area contributed by atoms with Crippen LogP contribution in [0.2, 0.25) is 0 Å². The summed E-state index contributed by atoms with van der Waals surface area (Å²) in [6.07, 6.45) is 2.03. The van der Waals surface area contributed by atoms with Crippen molar-refractivity contribution in [1.29, 1.82) is 0 Å². The predicted octanol–water partition coefficient (Wildman–Crippen LogP) is 3.31. The van der Waals surface area contributed by atoms with E-state index in [1.807, 2.05) is 29.2 Å². The van der Waals surface area contributed by atoms with Crippen LogP contribution in [0.15, 0.2) is 29.2 Å². The van der Waals surface area contributed by atoms with Crippen molar-refractivity contribution < 1.29 is 14.3 Å². The molecule has 1 aliphatic rings. The van der Waals surface area contributed by atoms with Gasteiger partial charge in [0, 0.05) is 37.3 Å². The SMILES string of the molecule is CCSc1ccc(C(=O)N2CCC(COCCOC)CC2)cc1. The quantitative estimate of drug-likeness (QED) is 0.539. The summed E-state index contributed by atoms with van der Waals surface area (Å²) < 4.78 is 10.6. The Bertz CT molecular complexity index is 470. The van der Waals surface area contributed by atoms with Gasteiger partial charge in [-0.05, 0) is 48.8 Å². The van der Waals surface area contributed by atoms with Crippen LogP contribution in [0.4, 0.5) is 0 Å². The Morgan fingerprint density at radius 1 is 1.22 bits per heavy atom. The molecule has 1 aliphatic heterocycles. The lowest BCUT2D eigenvalue weighted by Crippen LogP contribution is -2.39. The number of thioether (sulfide) groups is 1. The molecule has 1 heterocycles. The Hall–Kier alpha value is -1.04. The zero-order valence-electron chi connectivity index (χ0n) is 14.1. The van der Waals surface area contributed by atoms with Crippen LogP contribution < -0.4 is 0 Å². The average molecular weight is 337 g/mol. The maximum absolute atomic E-state index is 12.5. The molecule has 0 N–H and O–H groups in total. The number of piperidine rings is 1. The highest BCUT2D eigenvalue weighted by Gasteiger charge is 2.23. The van der Waals surface area contributed by atoms with E-state index in [0.29, 0.717) is 19.1 Å². The van der Waals surface area contributed by atoms with Gasteiger partial charge < -0.3 is 14.4 Å². The van der Waals surface area contributed by atoms with Gasteiger partial charge in [0.25, 0.3) is 5.91 Å². The summed E-state index contributed by atoms with van der Waals surface area (Å²) in [7, 11) is 1.68. The number of likely N-dealkylation sites (tertiary alicyclic amines) is 1. The number of methoxy groups -OCH3 is 1. The van der Waals surface area contributed by atoms with Crippen LogP contribution in [0.5, 0.6) is 0 Å².